The van der Waals surface area contributed by atoms with Crippen LogP contribution in [0.2, 0.25) is 0 Å². The van der Waals surface area contributed by atoms with Gasteiger partial charge in [0.15, 0.2) is 0 Å². The molecule has 0 rings (SSSR count). The minimum Gasteiger partial charge on any atom is -0.383 e. The molecule has 14 heavy (non-hydrogen) atoms. The van der Waals surface area contributed by atoms with Gasteiger partial charge in [-0.2, -0.15) is 0 Å². The Labute approximate surface area is 89.4 Å². The van der Waals surface area contributed by atoms with E-state index >= 15 is 0 Å². The van der Waals surface area contributed by atoms with E-state index in [4.69, 9.17) is 9.47 Å². The zero-order valence-corrected chi connectivity index (χ0v) is 10.7. The molecule has 3 heteroatoms. The zero-order chi connectivity index (χ0) is 11.4. The second-order valence-electron chi connectivity index (χ2n) is 3.12. The van der Waals surface area contributed by atoms with Gasteiger partial charge in [0.25, 0.3) is 0 Å². The lowest BCUT2D eigenvalue weighted by atomic mass is 10.3. The van der Waals surface area contributed by atoms with Crippen LogP contribution >= 0.6 is 0 Å². The van der Waals surface area contributed by atoms with Gasteiger partial charge >= 0.3 is 0 Å². The van der Waals surface area contributed by atoms with Crippen molar-refractivity contribution in [3.63, 3.8) is 0 Å². The molecule has 0 heterocycles. The molecule has 0 aliphatic heterocycles. The molecule has 0 radical (unpaired) electrons. The van der Waals surface area contributed by atoms with E-state index in [0.717, 1.165) is 26.3 Å². The molecule has 3 nitrogen and oxygen atoms in total. The second kappa shape index (κ2) is 12.9. The van der Waals surface area contributed by atoms with Crippen LogP contribution in [-0.4, -0.2) is 51.5 Å². The summed E-state index contributed by atoms with van der Waals surface area (Å²) >= 11 is 0. The predicted molar refractivity (Wildman–Crippen MR) is 61.8 cm³/mol. The summed E-state index contributed by atoms with van der Waals surface area (Å²) in [4.78, 5) is 2.34. The Kier molecular flexibility index (Phi) is 15.0. The molecule has 0 fully saturated rings. The fourth-order valence-electron chi connectivity index (χ4n) is 1.05. The lowest BCUT2D eigenvalue weighted by Crippen LogP contribution is -2.36. The van der Waals surface area contributed by atoms with Crippen LogP contribution < -0.4 is 0 Å². The maximum atomic E-state index is 5.02. The number of hydrogen-bond donors (Lipinski definition) is 0. The van der Waals surface area contributed by atoms with Gasteiger partial charge in [-0.05, 0) is 13.8 Å². The van der Waals surface area contributed by atoms with Gasteiger partial charge in [-0.15, -0.1) is 0 Å². The number of ether oxygens (including phenoxy) is 2. The maximum absolute atomic E-state index is 5.02. The van der Waals surface area contributed by atoms with Crippen LogP contribution in [-0.2, 0) is 9.47 Å². The average molecular weight is 205 g/mol. The second-order valence-corrected chi connectivity index (χ2v) is 3.12. The first-order valence-electron chi connectivity index (χ1n) is 5.44. The molecule has 0 saturated heterocycles. The maximum Gasteiger partial charge on any atom is 0.0589 e. The van der Waals surface area contributed by atoms with E-state index in [1.54, 1.807) is 14.2 Å². The van der Waals surface area contributed by atoms with Gasteiger partial charge in [-0.3, -0.25) is 4.90 Å². The topological polar surface area (TPSA) is 21.7 Å². The SMILES string of the molecule is CC.COCCN(CCOC)C(C)C. The van der Waals surface area contributed by atoms with E-state index in [1.165, 1.54) is 0 Å². The molecule has 0 atom stereocenters. The lowest BCUT2D eigenvalue weighted by molar-refractivity contribution is 0.0967. The smallest absolute Gasteiger partial charge is 0.0589 e. The van der Waals surface area contributed by atoms with Crippen LogP contribution in [0.5, 0.6) is 0 Å². The largest absolute Gasteiger partial charge is 0.383 e. The monoisotopic (exact) mass is 205 g/mol. The van der Waals surface area contributed by atoms with E-state index in [2.05, 4.69) is 18.7 Å². The third kappa shape index (κ3) is 9.96. The summed E-state index contributed by atoms with van der Waals surface area (Å²) in [7, 11) is 3.46. The molecule has 0 bridgehead atoms. The number of methoxy groups -OCH3 is 2. The average Bonchev–Trinajstić information content (AvgIpc) is 2.20. The normalized spacial score (nSPS) is 10.3. The van der Waals surface area contributed by atoms with Crippen molar-refractivity contribution in [2.24, 2.45) is 0 Å². The molecule has 0 aliphatic carbocycles. The predicted octanol–water partition coefficient (Wildman–Crippen LogP) is 2.02. The molecule has 0 aromatic heterocycles. The van der Waals surface area contributed by atoms with E-state index in [9.17, 15) is 0 Å². The summed E-state index contributed by atoms with van der Waals surface area (Å²) in [5.74, 6) is 0. The fourth-order valence-corrected chi connectivity index (χ4v) is 1.05. The summed E-state index contributed by atoms with van der Waals surface area (Å²) in [5.41, 5.74) is 0. The van der Waals surface area contributed by atoms with Crippen molar-refractivity contribution in [3.05, 3.63) is 0 Å². The van der Waals surface area contributed by atoms with Crippen LogP contribution in [0.4, 0.5) is 0 Å². The van der Waals surface area contributed by atoms with Crippen LogP contribution in [0.1, 0.15) is 27.7 Å². The highest BCUT2D eigenvalue weighted by atomic mass is 16.5. The van der Waals surface area contributed by atoms with E-state index in [1.807, 2.05) is 13.8 Å². The summed E-state index contributed by atoms with van der Waals surface area (Å²) in [6.45, 7) is 11.9. The quantitative estimate of drug-likeness (QED) is 0.634. The molecule has 0 aromatic carbocycles. The molecule has 0 N–H and O–H groups in total. The minimum absolute atomic E-state index is 0.565. The van der Waals surface area contributed by atoms with Crippen molar-refractivity contribution >= 4 is 0 Å². The molecule has 0 amide bonds. The van der Waals surface area contributed by atoms with Crippen molar-refractivity contribution in [3.8, 4) is 0 Å². The Balaban J connectivity index is 0. The molecule has 0 aromatic rings. The van der Waals surface area contributed by atoms with Crippen molar-refractivity contribution in [1.82, 2.24) is 4.90 Å². The van der Waals surface area contributed by atoms with Gasteiger partial charge in [0.05, 0.1) is 13.2 Å². The number of nitrogens with zero attached hydrogens (tertiary/aromatic N) is 1. The molecule has 88 valence electrons. The van der Waals surface area contributed by atoms with Crippen molar-refractivity contribution in [1.29, 1.82) is 0 Å². The van der Waals surface area contributed by atoms with Crippen LogP contribution in [0.25, 0.3) is 0 Å². The lowest BCUT2D eigenvalue weighted by Gasteiger charge is -2.25. The Morgan fingerprint density at radius 3 is 1.50 bits per heavy atom. The Morgan fingerprint density at radius 2 is 1.29 bits per heavy atom. The van der Waals surface area contributed by atoms with Gasteiger partial charge in [-0.1, -0.05) is 13.8 Å². The molecule has 0 saturated carbocycles. The highest BCUT2D eigenvalue weighted by molar-refractivity contribution is 4.61. The van der Waals surface area contributed by atoms with Crippen molar-refractivity contribution in [2.75, 3.05) is 40.5 Å². The van der Waals surface area contributed by atoms with E-state index < -0.39 is 0 Å². The minimum atomic E-state index is 0.565. The van der Waals surface area contributed by atoms with E-state index in [0.29, 0.717) is 6.04 Å². The van der Waals surface area contributed by atoms with Gasteiger partial charge in [0.2, 0.25) is 0 Å². The third-order valence-electron chi connectivity index (χ3n) is 1.90. The van der Waals surface area contributed by atoms with E-state index in [-0.39, 0.29) is 0 Å². The zero-order valence-electron chi connectivity index (χ0n) is 10.7. The van der Waals surface area contributed by atoms with Crippen LogP contribution in [0.15, 0.2) is 0 Å². The van der Waals surface area contributed by atoms with Crippen molar-refractivity contribution in [2.45, 2.75) is 33.7 Å². The highest BCUT2D eigenvalue weighted by Crippen LogP contribution is 1.96. The first kappa shape index (κ1) is 16.3. The molecule has 0 spiro atoms. The summed E-state index contributed by atoms with van der Waals surface area (Å²) in [6.07, 6.45) is 0. The van der Waals surface area contributed by atoms with Crippen LogP contribution in [0, 0.1) is 0 Å². The molecule has 0 unspecified atom stereocenters. The third-order valence-corrected chi connectivity index (χ3v) is 1.90. The van der Waals surface area contributed by atoms with Gasteiger partial charge in [0.1, 0.15) is 0 Å². The first-order valence-corrected chi connectivity index (χ1v) is 5.44. The number of rotatable bonds is 7. The number of hydrogen-bond acceptors (Lipinski definition) is 3. The molecule has 0 aliphatic rings. The Bertz CT molecular complexity index is 89.3. The summed E-state index contributed by atoms with van der Waals surface area (Å²) < 4.78 is 10.0. The highest BCUT2D eigenvalue weighted by Gasteiger charge is 2.07. The summed E-state index contributed by atoms with van der Waals surface area (Å²) in [5, 5.41) is 0. The van der Waals surface area contributed by atoms with Gasteiger partial charge in [-0.25, -0.2) is 0 Å². The van der Waals surface area contributed by atoms with Crippen LogP contribution in [0.3, 0.4) is 0 Å². The van der Waals surface area contributed by atoms with Crippen molar-refractivity contribution < 1.29 is 9.47 Å². The van der Waals surface area contributed by atoms with Gasteiger partial charge in [0, 0.05) is 33.4 Å². The van der Waals surface area contributed by atoms with Gasteiger partial charge < -0.3 is 9.47 Å². The first-order chi connectivity index (χ1) is 6.72. The Morgan fingerprint density at radius 1 is 0.929 bits per heavy atom. The fraction of sp³-hybridized carbons (Fsp3) is 1.00. The summed E-state index contributed by atoms with van der Waals surface area (Å²) in [6, 6.07) is 0.565. The standard InChI is InChI=1S/C9H21NO2.C2H6/c1-9(2)10(5-7-11-3)6-8-12-4;1-2/h9H,5-8H2,1-4H3;1-2H3. The molecular weight excluding hydrogens is 178 g/mol. The Hall–Kier alpha value is -0.120. The molecular formula is C11H27NO2.